The molecule has 0 spiro atoms. The fraction of sp³-hybridized carbons (Fsp3) is 0.750. The Labute approximate surface area is 83.1 Å². The molecule has 0 aliphatic heterocycles. The third-order valence-corrected chi connectivity index (χ3v) is 1.82. The molecule has 0 aliphatic carbocycles. The summed E-state index contributed by atoms with van der Waals surface area (Å²) in [6, 6.07) is 0. The van der Waals surface area contributed by atoms with Crippen molar-refractivity contribution in [1.29, 1.82) is 0 Å². The fourth-order valence-electron chi connectivity index (χ4n) is 1.11. The summed E-state index contributed by atoms with van der Waals surface area (Å²) in [6.07, 6.45) is 2.82. The zero-order chi connectivity index (χ0) is 10.2. The smallest absolute Gasteiger partial charge is 0.0962 e. The Morgan fingerprint density at radius 2 is 2.36 bits per heavy atom. The summed E-state index contributed by atoms with van der Waals surface area (Å²) in [4.78, 5) is 0. The number of aromatic nitrogens is 3. The normalized spacial score (nSPS) is 10.7. The highest BCUT2D eigenvalue weighted by atomic mass is 16.3. The minimum Gasteiger partial charge on any atom is -0.395 e. The van der Waals surface area contributed by atoms with Gasteiger partial charge in [-0.05, 0) is 13.0 Å². The predicted octanol–water partition coefficient (Wildman–Crippen LogP) is -1.29. The number of aliphatic hydroxyl groups excluding tert-OH is 1. The Morgan fingerprint density at radius 1 is 1.50 bits per heavy atom. The number of hydrogen-bond donors (Lipinski definition) is 3. The molecule has 0 unspecified atom stereocenters. The highest BCUT2D eigenvalue weighted by Crippen LogP contribution is 1.92. The van der Waals surface area contributed by atoms with E-state index in [2.05, 4.69) is 15.6 Å². The molecule has 6 heteroatoms. The first-order valence-corrected chi connectivity index (χ1v) is 4.77. The van der Waals surface area contributed by atoms with Crippen LogP contribution in [-0.4, -0.2) is 39.8 Å². The quantitative estimate of drug-likeness (QED) is 0.475. The molecule has 4 N–H and O–H groups in total. The van der Waals surface area contributed by atoms with E-state index >= 15 is 0 Å². The Bertz CT molecular complexity index is 250. The zero-order valence-corrected chi connectivity index (χ0v) is 8.19. The van der Waals surface area contributed by atoms with Crippen molar-refractivity contribution in [3.8, 4) is 0 Å². The maximum Gasteiger partial charge on any atom is 0.0962 e. The molecule has 1 rings (SSSR count). The first kappa shape index (κ1) is 11.1. The second-order valence-electron chi connectivity index (χ2n) is 3.00. The number of aryl methyl sites for hydroxylation is 1. The molecule has 0 aromatic carbocycles. The maximum atomic E-state index is 8.51. The van der Waals surface area contributed by atoms with Crippen molar-refractivity contribution in [2.45, 2.75) is 19.5 Å². The Hall–Kier alpha value is -0.980. The topological polar surface area (TPSA) is 89.0 Å². The molecule has 0 radical (unpaired) electrons. The summed E-state index contributed by atoms with van der Waals surface area (Å²) in [5.41, 5.74) is 6.21. The van der Waals surface area contributed by atoms with Crippen LogP contribution in [0.3, 0.4) is 0 Å². The highest BCUT2D eigenvalue weighted by molar-refractivity contribution is 4.90. The fourth-order valence-corrected chi connectivity index (χ4v) is 1.11. The minimum absolute atomic E-state index is 0.181. The van der Waals surface area contributed by atoms with E-state index in [9.17, 15) is 0 Å². The van der Waals surface area contributed by atoms with Gasteiger partial charge in [0.2, 0.25) is 0 Å². The van der Waals surface area contributed by atoms with Gasteiger partial charge in [0, 0.05) is 25.8 Å². The van der Waals surface area contributed by atoms with Gasteiger partial charge in [-0.1, -0.05) is 5.21 Å². The molecule has 80 valence electrons. The van der Waals surface area contributed by atoms with E-state index in [1.165, 1.54) is 0 Å². The van der Waals surface area contributed by atoms with Crippen LogP contribution < -0.4 is 11.1 Å². The lowest BCUT2D eigenvalue weighted by Gasteiger charge is -2.01. The zero-order valence-electron chi connectivity index (χ0n) is 8.19. The second kappa shape index (κ2) is 6.47. The third-order valence-electron chi connectivity index (χ3n) is 1.82. The third kappa shape index (κ3) is 3.82. The number of rotatable bonds is 7. The van der Waals surface area contributed by atoms with Crippen LogP contribution in [-0.2, 0) is 13.1 Å². The van der Waals surface area contributed by atoms with Gasteiger partial charge in [-0.25, -0.2) is 0 Å². The van der Waals surface area contributed by atoms with Gasteiger partial charge >= 0.3 is 0 Å². The number of nitrogens with zero attached hydrogens (tertiary/aromatic N) is 3. The van der Waals surface area contributed by atoms with Gasteiger partial charge < -0.3 is 16.2 Å². The van der Waals surface area contributed by atoms with Crippen molar-refractivity contribution in [3.63, 3.8) is 0 Å². The minimum atomic E-state index is 0.181. The summed E-state index contributed by atoms with van der Waals surface area (Å²) in [6.45, 7) is 2.96. The van der Waals surface area contributed by atoms with E-state index < -0.39 is 0 Å². The molecular weight excluding hydrogens is 182 g/mol. The number of nitrogens with one attached hydrogen (secondary N) is 1. The van der Waals surface area contributed by atoms with Gasteiger partial charge in [-0.15, -0.1) is 5.10 Å². The molecule has 0 saturated heterocycles. The maximum absolute atomic E-state index is 8.51. The van der Waals surface area contributed by atoms with Gasteiger partial charge in [0.25, 0.3) is 0 Å². The summed E-state index contributed by atoms with van der Waals surface area (Å²) < 4.78 is 1.78. The van der Waals surface area contributed by atoms with Gasteiger partial charge in [-0.2, -0.15) is 0 Å². The van der Waals surface area contributed by atoms with Gasteiger partial charge in [0.15, 0.2) is 0 Å². The summed E-state index contributed by atoms with van der Waals surface area (Å²) in [5, 5.41) is 19.4. The standard InChI is InChI=1S/C8H17N5O/c9-6-8-7-13(12-11-8)4-1-2-10-3-5-14/h7,10,14H,1-6,9H2. The SMILES string of the molecule is NCc1cn(CCCNCCO)nn1. The van der Waals surface area contributed by atoms with Crippen LogP contribution in [0.4, 0.5) is 0 Å². The number of aliphatic hydroxyl groups is 1. The van der Waals surface area contributed by atoms with Gasteiger partial charge in [0.1, 0.15) is 0 Å². The van der Waals surface area contributed by atoms with Crippen molar-refractivity contribution >= 4 is 0 Å². The molecule has 0 amide bonds. The first-order valence-electron chi connectivity index (χ1n) is 4.77. The average molecular weight is 199 g/mol. The van der Waals surface area contributed by atoms with E-state index in [-0.39, 0.29) is 6.61 Å². The summed E-state index contributed by atoms with van der Waals surface area (Å²) >= 11 is 0. The van der Waals surface area contributed by atoms with Crippen molar-refractivity contribution in [3.05, 3.63) is 11.9 Å². The molecule has 0 aliphatic rings. The molecule has 0 bridgehead atoms. The van der Waals surface area contributed by atoms with Crippen LogP contribution in [0.1, 0.15) is 12.1 Å². The number of nitrogens with two attached hydrogens (primary N) is 1. The van der Waals surface area contributed by atoms with Crippen LogP contribution >= 0.6 is 0 Å². The first-order chi connectivity index (χ1) is 6.86. The molecule has 1 aromatic rings. The van der Waals surface area contributed by atoms with Crippen LogP contribution in [0.15, 0.2) is 6.20 Å². The average Bonchev–Trinajstić information content (AvgIpc) is 2.65. The van der Waals surface area contributed by atoms with Crippen LogP contribution in [0.25, 0.3) is 0 Å². The second-order valence-corrected chi connectivity index (χ2v) is 3.00. The monoisotopic (exact) mass is 199 g/mol. The molecule has 6 nitrogen and oxygen atoms in total. The van der Waals surface area contributed by atoms with E-state index in [1.54, 1.807) is 4.68 Å². The van der Waals surface area contributed by atoms with Crippen molar-refractivity contribution < 1.29 is 5.11 Å². The van der Waals surface area contributed by atoms with Crippen molar-refractivity contribution in [2.75, 3.05) is 19.7 Å². The molecule has 1 heterocycles. The van der Waals surface area contributed by atoms with E-state index in [4.69, 9.17) is 10.8 Å². The molecule has 0 fully saturated rings. The highest BCUT2D eigenvalue weighted by Gasteiger charge is 1.97. The lowest BCUT2D eigenvalue weighted by Crippen LogP contribution is -2.20. The largest absolute Gasteiger partial charge is 0.395 e. The van der Waals surface area contributed by atoms with Gasteiger partial charge in [-0.3, -0.25) is 4.68 Å². The predicted molar refractivity (Wildman–Crippen MR) is 52.5 cm³/mol. The van der Waals surface area contributed by atoms with Crippen LogP contribution in [0.2, 0.25) is 0 Å². The molecule has 14 heavy (non-hydrogen) atoms. The van der Waals surface area contributed by atoms with Crippen molar-refractivity contribution in [2.24, 2.45) is 5.73 Å². The van der Waals surface area contributed by atoms with E-state index in [1.807, 2.05) is 6.20 Å². The molecule has 1 aromatic heterocycles. The van der Waals surface area contributed by atoms with Crippen LogP contribution in [0.5, 0.6) is 0 Å². The lowest BCUT2D eigenvalue weighted by atomic mass is 10.4. The molecule has 0 atom stereocenters. The lowest BCUT2D eigenvalue weighted by molar-refractivity contribution is 0.291. The van der Waals surface area contributed by atoms with E-state index in [0.29, 0.717) is 13.1 Å². The number of hydrogen-bond acceptors (Lipinski definition) is 5. The van der Waals surface area contributed by atoms with Gasteiger partial charge in [0.05, 0.1) is 12.3 Å². The van der Waals surface area contributed by atoms with Crippen LogP contribution in [0, 0.1) is 0 Å². The van der Waals surface area contributed by atoms with E-state index in [0.717, 1.165) is 25.2 Å². The Balaban J connectivity index is 2.12. The van der Waals surface area contributed by atoms with Crippen molar-refractivity contribution in [1.82, 2.24) is 20.3 Å². The summed E-state index contributed by atoms with van der Waals surface area (Å²) in [7, 11) is 0. The molecule has 0 saturated carbocycles. The Morgan fingerprint density at radius 3 is 3.00 bits per heavy atom. The Kier molecular flexibility index (Phi) is 5.13. The summed E-state index contributed by atoms with van der Waals surface area (Å²) in [5.74, 6) is 0. The molecular formula is C8H17N5O.